The third-order valence-electron chi connectivity index (χ3n) is 3.60. The van der Waals surface area contributed by atoms with E-state index in [1.54, 1.807) is 4.90 Å². The first-order valence-electron chi connectivity index (χ1n) is 6.62. The van der Waals surface area contributed by atoms with Crippen molar-refractivity contribution in [2.24, 2.45) is 0 Å². The van der Waals surface area contributed by atoms with Gasteiger partial charge in [-0.2, -0.15) is 0 Å². The van der Waals surface area contributed by atoms with Gasteiger partial charge in [0.05, 0.1) is 11.3 Å². The first kappa shape index (κ1) is 11.9. The standard InChI is InChI=1S/C16H15NO2/c1-2-3-10-17-13-9-8-11-6-4-5-7-12(11)14(13)15(18)16(17)19/h4-9H,2-3,10H2,1H3. The number of hydrogen-bond acceptors (Lipinski definition) is 2. The lowest BCUT2D eigenvalue weighted by atomic mass is 10.0. The number of amides is 1. The van der Waals surface area contributed by atoms with E-state index in [2.05, 4.69) is 6.92 Å². The summed E-state index contributed by atoms with van der Waals surface area (Å²) in [6, 6.07) is 11.6. The van der Waals surface area contributed by atoms with Gasteiger partial charge in [0.2, 0.25) is 0 Å². The van der Waals surface area contributed by atoms with Gasteiger partial charge in [-0.25, -0.2) is 0 Å². The molecule has 3 heteroatoms. The molecule has 1 aliphatic rings. The van der Waals surface area contributed by atoms with Gasteiger partial charge in [-0.15, -0.1) is 0 Å². The molecule has 0 N–H and O–H groups in total. The summed E-state index contributed by atoms with van der Waals surface area (Å²) in [6.45, 7) is 2.69. The largest absolute Gasteiger partial charge is 0.305 e. The van der Waals surface area contributed by atoms with Crippen molar-refractivity contribution >= 4 is 28.2 Å². The van der Waals surface area contributed by atoms with E-state index in [9.17, 15) is 9.59 Å². The number of hydrogen-bond donors (Lipinski definition) is 0. The number of ketones is 1. The van der Waals surface area contributed by atoms with E-state index in [4.69, 9.17) is 0 Å². The van der Waals surface area contributed by atoms with Crippen LogP contribution in [0.15, 0.2) is 36.4 Å². The lowest BCUT2D eigenvalue weighted by Gasteiger charge is -2.16. The number of benzene rings is 2. The molecule has 0 atom stereocenters. The molecule has 3 nitrogen and oxygen atoms in total. The molecule has 0 aromatic heterocycles. The third kappa shape index (κ3) is 1.73. The lowest BCUT2D eigenvalue weighted by molar-refractivity contribution is -0.114. The summed E-state index contributed by atoms with van der Waals surface area (Å²) >= 11 is 0. The Bertz CT molecular complexity index is 676. The molecule has 19 heavy (non-hydrogen) atoms. The van der Waals surface area contributed by atoms with Gasteiger partial charge in [0.1, 0.15) is 0 Å². The molecule has 0 saturated heterocycles. The smallest absolute Gasteiger partial charge is 0.299 e. The minimum absolute atomic E-state index is 0.372. The van der Waals surface area contributed by atoms with Crippen LogP contribution in [-0.2, 0) is 4.79 Å². The number of carbonyl (C=O) groups is 2. The van der Waals surface area contributed by atoms with Gasteiger partial charge < -0.3 is 4.90 Å². The van der Waals surface area contributed by atoms with Crippen molar-refractivity contribution in [2.75, 3.05) is 11.4 Å². The number of rotatable bonds is 3. The van der Waals surface area contributed by atoms with Crippen LogP contribution in [0.2, 0.25) is 0 Å². The second kappa shape index (κ2) is 4.50. The normalized spacial score (nSPS) is 14.3. The van der Waals surface area contributed by atoms with E-state index >= 15 is 0 Å². The zero-order valence-corrected chi connectivity index (χ0v) is 10.8. The number of anilines is 1. The first-order chi connectivity index (χ1) is 9.24. The molecule has 1 aliphatic heterocycles. The van der Waals surface area contributed by atoms with E-state index in [1.807, 2.05) is 36.4 Å². The molecule has 1 amide bonds. The van der Waals surface area contributed by atoms with E-state index in [0.717, 1.165) is 29.3 Å². The highest BCUT2D eigenvalue weighted by atomic mass is 16.2. The molecule has 0 radical (unpaired) electrons. The molecule has 2 aromatic rings. The highest BCUT2D eigenvalue weighted by Crippen LogP contribution is 2.34. The van der Waals surface area contributed by atoms with Crippen molar-refractivity contribution in [3.05, 3.63) is 42.0 Å². The second-order valence-corrected chi connectivity index (χ2v) is 4.82. The summed E-state index contributed by atoms with van der Waals surface area (Å²) in [6.07, 6.45) is 1.91. The van der Waals surface area contributed by atoms with Crippen molar-refractivity contribution in [1.82, 2.24) is 0 Å². The monoisotopic (exact) mass is 253 g/mol. The number of Topliss-reactive ketones (excluding diaryl/α,β-unsaturated/α-hetero) is 1. The summed E-state index contributed by atoms with van der Waals surface area (Å²) in [5.41, 5.74) is 1.33. The van der Waals surface area contributed by atoms with E-state index in [-0.39, 0.29) is 11.7 Å². The second-order valence-electron chi connectivity index (χ2n) is 4.82. The summed E-state index contributed by atoms with van der Waals surface area (Å²) < 4.78 is 0. The molecule has 0 unspecified atom stereocenters. The summed E-state index contributed by atoms with van der Waals surface area (Å²) in [7, 11) is 0. The quantitative estimate of drug-likeness (QED) is 0.788. The fourth-order valence-corrected chi connectivity index (χ4v) is 2.60. The summed E-state index contributed by atoms with van der Waals surface area (Å²) in [5.74, 6) is -0.761. The summed E-state index contributed by atoms with van der Waals surface area (Å²) in [5, 5.41) is 1.87. The van der Waals surface area contributed by atoms with Crippen LogP contribution in [0.25, 0.3) is 10.8 Å². The molecule has 96 valence electrons. The minimum Gasteiger partial charge on any atom is -0.305 e. The first-order valence-corrected chi connectivity index (χ1v) is 6.62. The molecule has 0 spiro atoms. The van der Waals surface area contributed by atoms with Crippen LogP contribution in [-0.4, -0.2) is 18.2 Å². The molecule has 1 heterocycles. The van der Waals surface area contributed by atoms with Crippen molar-refractivity contribution in [3.63, 3.8) is 0 Å². The predicted octanol–water partition coefficient (Wildman–Crippen LogP) is 3.17. The Labute approximate surface area is 111 Å². The molecule has 0 bridgehead atoms. The lowest BCUT2D eigenvalue weighted by Crippen LogP contribution is -2.30. The maximum absolute atomic E-state index is 12.2. The molecule has 0 saturated carbocycles. The van der Waals surface area contributed by atoms with Gasteiger partial charge in [0.25, 0.3) is 11.7 Å². The Kier molecular flexibility index (Phi) is 2.82. The average molecular weight is 253 g/mol. The maximum atomic E-state index is 12.2. The zero-order valence-electron chi connectivity index (χ0n) is 10.8. The Morgan fingerprint density at radius 2 is 1.84 bits per heavy atom. The minimum atomic E-state index is -0.389. The van der Waals surface area contributed by atoms with Gasteiger partial charge in [0, 0.05) is 6.54 Å². The molecule has 0 aliphatic carbocycles. The maximum Gasteiger partial charge on any atom is 0.299 e. The number of nitrogens with zero attached hydrogens (tertiary/aromatic N) is 1. The fourth-order valence-electron chi connectivity index (χ4n) is 2.60. The molecular weight excluding hydrogens is 238 g/mol. The van der Waals surface area contributed by atoms with Crippen molar-refractivity contribution in [3.8, 4) is 0 Å². The number of carbonyl (C=O) groups excluding carboxylic acids is 2. The topological polar surface area (TPSA) is 37.4 Å². The van der Waals surface area contributed by atoms with Crippen LogP contribution in [0.1, 0.15) is 30.1 Å². The van der Waals surface area contributed by atoms with Crippen molar-refractivity contribution in [2.45, 2.75) is 19.8 Å². The average Bonchev–Trinajstić information content (AvgIpc) is 2.69. The Balaban J connectivity index is 2.18. The Hall–Kier alpha value is -2.16. The Morgan fingerprint density at radius 3 is 2.63 bits per heavy atom. The molecule has 0 fully saturated rings. The summed E-state index contributed by atoms with van der Waals surface area (Å²) in [4.78, 5) is 25.9. The molecular formula is C16H15NO2. The SMILES string of the molecule is CCCCN1C(=O)C(=O)c2c1ccc1ccccc21. The third-order valence-corrected chi connectivity index (χ3v) is 3.60. The number of unbranched alkanes of at least 4 members (excludes halogenated alkanes) is 1. The fraction of sp³-hybridized carbons (Fsp3) is 0.250. The highest BCUT2D eigenvalue weighted by molar-refractivity contribution is 6.54. The van der Waals surface area contributed by atoms with Gasteiger partial charge in [-0.05, 0) is 23.3 Å². The van der Waals surface area contributed by atoms with Crippen LogP contribution in [0.4, 0.5) is 5.69 Å². The highest BCUT2D eigenvalue weighted by Gasteiger charge is 2.36. The van der Waals surface area contributed by atoms with Gasteiger partial charge >= 0.3 is 0 Å². The predicted molar refractivity (Wildman–Crippen MR) is 75.5 cm³/mol. The zero-order chi connectivity index (χ0) is 13.4. The molecule has 2 aromatic carbocycles. The van der Waals surface area contributed by atoms with E-state index < -0.39 is 0 Å². The van der Waals surface area contributed by atoms with Crippen LogP contribution >= 0.6 is 0 Å². The van der Waals surface area contributed by atoms with Gasteiger partial charge in [0.15, 0.2) is 0 Å². The number of fused-ring (bicyclic) bond motifs is 3. The molecule has 3 rings (SSSR count). The van der Waals surface area contributed by atoms with Crippen LogP contribution in [0, 0.1) is 0 Å². The van der Waals surface area contributed by atoms with Crippen LogP contribution < -0.4 is 4.90 Å². The van der Waals surface area contributed by atoms with E-state index in [1.165, 1.54) is 0 Å². The Morgan fingerprint density at radius 1 is 1.05 bits per heavy atom. The van der Waals surface area contributed by atoms with Crippen LogP contribution in [0.3, 0.4) is 0 Å². The van der Waals surface area contributed by atoms with Crippen LogP contribution in [0.5, 0.6) is 0 Å². The van der Waals surface area contributed by atoms with Gasteiger partial charge in [-0.3, -0.25) is 9.59 Å². The van der Waals surface area contributed by atoms with Crippen molar-refractivity contribution < 1.29 is 9.59 Å². The van der Waals surface area contributed by atoms with Gasteiger partial charge in [-0.1, -0.05) is 43.7 Å². The van der Waals surface area contributed by atoms with E-state index in [0.29, 0.717) is 12.1 Å². The van der Waals surface area contributed by atoms with Crippen molar-refractivity contribution in [1.29, 1.82) is 0 Å².